The molecule has 5 aromatic rings. The first kappa shape index (κ1) is 19.9. The summed E-state index contributed by atoms with van der Waals surface area (Å²) in [5.41, 5.74) is 3.18. The monoisotopic (exact) mass is 446 g/mol. The van der Waals surface area contributed by atoms with E-state index < -0.39 is 0 Å². The Morgan fingerprint density at radius 1 is 0.824 bits per heavy atom. The number of nitrogens with zero attached hydrogens (tertiary/aromatic N) is 1. The van der Waals surface area contributed by atoms with Crippen LogP contribution in [0, 0.1) is 0 Å². The number of amides is 3. The van der Waals surface area contributed by atoms with Gasteiger partial charge in [-0.25, -0.2) is 4.90 Å². The van der Waals surface area contributed by atoms with Gasteiger partial charge in [0, 0.05) is 16.6 Å². The van der Waals surface area contributed by atoms with E-state index in [2.05, 4.69) is 5.32 Å². The first-order valence-electron chi connectivity index (χ1n) is 10.9. The zero-order valence-corrected chi connectivity index (χ0v) is 17.9. The molecule has 0 fully saturated rings. The Kier molecular flexibility index (Phi) is 4.52. The Bertz CT molecular complexity index is 1600. The minimum atomic E-state index is -0.374. The first-order chi connectivity index (χ1) is 16.6. The Morgan fingerprint density at radius 3 is 2.35 bits per heavy atom. The Balaban J connectivity index is 1.26. The fourth-order valence-corrected chi connectivity index (χ4v) is 4.53. The van der Waals surface area contributed by atoms with E-state index in [1.807, 2.05) is 36.4 Å². The molecule has 164 valence electrons. The van der Waals surface area contributed by atoms with Gasteiger partial charge in [-0.15, -0.1) is 0 Å². The van der Waals surface area contributed by atoms with Crippen molar-refractivity contribution in [2.75, 3.05) is 10.2 Å². The molecule has 1 aliphatic rings. The van der Waals surface area contributed by atoms with Crippen LogP contribution in [0.5, 0.6) is 0 Å². The van der Waals surface area contributed by atoms with E-state index in [0.717, 1.165) is 32.2 Å². The third-order valence-electron chi connectivity index (χ3n) is 6.07. The molecule has 6 nitrogen and oxygen atoms in total. The third-order valence-corrected chi connectivity index (χ3v) is 6.07. The molecule has 1 aromatic heterocycles. The summed E-state index contributed by atoms with van der Waals surface area (Å²) in [5, 5.41) is 5.91. The second-order valence-corrected chi connectivity index (χ2v) is 8.19. The Hall–Kier alpha value is -4.71. The highest BCUT2D eigenvalue weighted by Crippen LogP contribution is 2.31. The van der Waals surface area contributed by atoms with Crippen molar-refractivity contribution in [2.45, 2.75) is 6.42 Å². The Labute approximate surface area is 194 Å². The second-order valence-electron chi connectivity index (χ2n) is 8.19. The number of imide groups is 1. The molecule has 0 saturated carbocycles. The summed E-state index contributed by atoms with van der Waals surface area (Å²) < 4.78 is 5.69. The second kappa shape index (κ2) is 7.71. The molecule has 34 heavy (non-hydrogen) atoms. The molecule has 0 atom stereocenters. The molecule has 1 N–H and O–H groups in total. The van der Waals surface area contributed by atoms with Gasteiger partial charge in [-0.05, 0) is 47.2 Å². The van der Waals surface area contributed by atoms with Crippen molar-refractivity contribution in [2.24, 2.45) is 0 Å². The van der Waals surface area contributed by atoms with Crippen molar-refractivity contribution in [1.29, 1.82) is 0 Å². The molecule has 0 aliphatic carbocycles. The van der Waals surface area contributed by atoms with Crippen LogP contribution < -0.4 is 10.2 Å². The van der Waals surface area contributed by atoms with Crippen molar-refractivity contribution in [3.63, 3.8) is 0 Å². The lowest BCUT2D eigenvalue weighted by molar-refractivity contribution is -0.115. The molecular weight excluding hydrogens is 428 g/mol. The number of nitrogens with one attached hydrogen (secondary N) is 1. The number of rotatable bonds is 4. The van der Waals surface area contributed by atoms with Gasteiger partial charge in [-0.2, -0.15) is 0 Å². The maximum absolute atomic E-state index is 12.9. The van der Waals surface area contributed by atoms with Crippen LogP contribution in [-0.2, 0) is 11.2 Å². The van der Waals surface area contributed by atoms with Gasteiger partial charge < -0.3 is 9.73 Å². The first-order valence-corrected chi connectivity index (χ1v) is 10.9. The van der Waals surface area contributed by atoms with Crippen LogP contribution in [-0.4, -0.2) is 17.7 Å². The van der Waals surface area contributed by atoms with Crippen LogP contribution in [0.25, 0.3) is 21.7 Å². The van der Waals surface area contributed by atoms with Crippen LogP contribution in [0.15, 0.2) is 95.6 Å². The van der Waals surface area contributed by atoms with Gasteiger partial charge in [-0.3, -0.25) is 14.4 Å². The fraction of sp³-hybridized carbons (Fsp3) is 0.0357. The van der Waals surface area contributed by atoms with Gasteiger partial charge in [0.15, 0.2) is 0 Å². The summed E-state index contributed by atoms with van der Waals surface area (Å²) in [6, 6.07) is 25.3. The zero-order chi connectivity index (χ0) is 23.2. The van der Waals surface area contributed by atoms with Gasteiger partial charge in [0.05, 0.1) is 29.5 Å². The fourth-order valence-electron chi connectivity index (χ4n) is 4.53. The highest BCUT2D eigenvalue weighted by atomic mass is 16.3. The van der Waals surface area contributed by atoms with Crippen molar-refractivity contribution in [3.05, 3.63) is 108 Å². The number of carbonyl (C=O) groups is 3. The normalized spacial score (nSPS) is 13.0. The van der Waals surface area contributed by atoms with Crippen LogP contribution in [0.2, 0.25) is 0 Å². The molecule has 0 spiro atoms. The largest absolute Gasteiger partial charge is 0.464 e. The van der Waals surface area contributed by atoms with Crippen molar-refractivity contribution < 1.29 is 18.8 Å². The van der Waals surface area contributed by atoms with Crippen LogP contribution in [0.3, 0.4) is 0 Å². The summed E-state index contributed by atoms with van der Waals surface area (Å²) in [5.74, 6) is -0.975. The molecular formula is C28H18N2O4. The molecule has 6 rings (SSSR count). The molecule has 0 radical (unpaired) electrons. The van der Waals surface area contributed by atoms with Gasteiger partial charge in [-0.1, -0.05) is 48.5 Å². The van der Waals surface area contributed by atoms with E-state index in [1.54, 1.807) is 54.8 Å². The van der Waals surface area contributed by atoms with Gasteiger partial charge >= 0.3 is 0 Å². The molecule has 1 aliphatic heterocycles. The molecule has 6 heteroatoms. The van der Waals surface area contributed by atoms with E-state index in [9.17, 15) is 14.4 Å². The number of fused-ring (bicyclic) bond motifs is 4. The average molecular weight is 446 g/mol. The van der Waals surface area contributed by atoms with Gasteiger partial charge in [0.2, 0.25) is 5.91 Å². The SMILES string of the molecule is O=C(Cc1coc2ccc3ccccc3c12)Nc1cccc(N2C(=O)c3ccccc3C2=O)c1. The maximum atomic E-state index is 12.9. The zero-order valence-electron chi connectivity index (χ0n) is 17.9. The van der Waals surface area contributed by atoms with Crippen LogP contribution in [0.1, 0.15) is 26.3 Å². The number of furan rings is 1. The van der Waals surface area contributed by atoms with E-state index in [4.69, 9.17) is 4.42 Å². The summed E-state index contributed by atoms with van der Waals surface area (Å²) in [7, 11) is 0. The van der Waals surface area contributed by atoms with Crippen molar-refractivity contribution >= 4 is 50.8 Å². The standard InChI is InChI=1S/C28H18N2O4/c31-25(14-18-16-34-24-13-12-17-6-1-2-9-21(17)26(18)24)29-19-7-5-8-20(15-19)30-27(32)22-10-3-4-11-23(22)28(30)33/h1-13,15-16H,14H2,(H,29,31). The third kappa shape index (κ3) is 3.16. The van der Waals surface area contributed by atoms with E-state index in [1.165, 1.54) is 0 Å². The van der Waals surface area contributed by atoms with Crippen LogP contribution >= 0.6 is 0 Å². The lowest BCUT2D eigenvalue weighted by atomic mass is 10.0. The molecule has 0 saturated heterocycles. The van der Waals surface area contributed by atoms with E-state index >= 15 is 0 Å². The lowest BCUT2D eigenvalue weighted by Gasteiger charge is -2.15. The topological polar surface area (TPSA) is 79.6 Å². The smallest absolute Gasteiger partial charge is 0.266 e. The van der Waals surface area contributed by atoms with Crippen molar-refractivity contribution in [3.8, 4) is 0 Å². The molecule has 0 bridgehead atoms. The number of benzene rings is 4. The van der Waals surface area contributed by atoms with Crippen molar-refractivity contribution in [1.82, 2.24) is 0 Å². The summed E-state index contributed by atoms with van der Waals surface area (Å²) in [6.07, 6.45) is 1.74. The predicted octanol–water partition coefficient (Wildman–Crippen LogP) is 5.57. The predicted molar refractivity (Wildman–Crippen MR) is 130 cm³/mol. The summed E-state index contributed by atoms with van der Waals surface area (Å²) in [4.78, 5) is 39.6. The number of hydrogen-bond donors (Lipinski definition) is 1. The van der Waals surface area contributed by atoms with E-state index in [-0.39, 0.29) is 24.1 Å². The van der Waals surface area contributed by atoms with Gasteiger partial charge in [0.1, 0.15) is 5.58 Å². The average Bonchev–Trinajstić information content (AvgIpc) is 3.38. The highest BCUT2D eigenvalue weighted by molar-refractivity contribution is 6.34. The van der Waals surface area contributed by atoms with Gasteiger partial charge in [0.25, 0.3) is 11.8 Å². The Morgan fingerprint density at radius 2 is 1.56 bits per heavy atom. The quantitative estimate of drug-likeness (QED) is 0.366. The number of hydrogen-bond acceptors (Lipinski definition) is 4. The maximum Gasteiger partial charge on any atom is 0.266 e. The van der Waals surface area contributed by atoms with E-state index in [0.29, 0.717) is 22.5 Å². The summed E-state index contributed by atoms with van der Waals surface area (Å²) in [6.45, 7) is 0. The summed E-state index contributed by atoms with van der Waals surface area (Å²) >= 11 is 0. The van der Waals surface area contributed by atoms with Crippen LogP contribution in [0.4, 0.5) is 11.4 Å². The highest BCUT2D eigenvalue weighted by Gasteiger charge is 2.36. The number of carbonyl (C=O) groups excluding carboxylic acids is 3. The molecule has 4 aromatic carbocycles. The minimum Gasteiger partial charge on any atom is -0.464 e. The molecule has 0 unspecified atom stereocenters. The lowest BCUT2D eigenvalue weighted by Crippen LogP contribution is -2.29. The minimum absolute atomic E-state index is 0.123. The molecule has 3 amide bonds. The number of anilines is 2. The molecule has 2 heterocycles.